The van der Waals surface area contributed by atoms with Gasteiger partial charge in [0.1, 0.15) is 5.75 Å². The lowest BCUT2D eigenvalue weighted by Gasteiger charge is -2.10. The van der Waals surface area contributed by atoms with Gasteiger partial charge in [-0.25, -0.2) is 17.8 Å². The van der Waals surface area contributed by atoms with Gasteiger partial charge >= 0.3 is 0 Å². The summed E-state index contributed by atoms with van der Waals surface area (Å²) in [6.45, 7) is 3.77. The Labute approximate surface area is 135 Å². The van der Waals surface area contributed by atoms with Gasteiger partial charge in [0.25, 0.3) is 5.56 Å². The van der Waals surface area contributed by atoms with Crippen LogP contribution < -0.4 is 15.0 Å². The van der Waals surface area contributed by atoms with Crippen molar-refractivity contribution in [3.8, 4) is 5.75 Å². The zero-order valence-corrected chi connectivity index (χ0v) is 14.1. The first-order valence-electron chi connectivity index (χ1n) is 7.02. The summed E-state index contributed by atoms with van der Waals surface area (Å²) in [5, 5.41) is 4.05. The smallest absolute Gasteiger partial charge is 0.266 e. The summed E-state index contributed by atoms with van der Waals surface area (Å²) in [6.07, 6.45) is 0. The first kappa shape index (κ1) is 17.2. The van der Waals surface area contributed by atoms with Gasteiger partial charge < -0.3 is 4.74 Å². The van der Waals surface area contributed by atoms with Crippen LogP contribution in [0.15, 0.2) is 40.0 Å². The van der Waals surface area contributed by atoms with E-state index in [4.69, 9.17) is 4.74 Å². The fraction of sp³-hybridized carbons (Fsp3) is 0.333. The monoisotopic (exact) mass is 337 g/mol. The maximum Gasteiger partial charge on any atom is 0.266 e. The highest BCUT2D eigenvalue weighted by Crippen LogP contribution is 2.21. The van der Waals surface area contributed by atoms with Crippen molar-refractivity contribution >= 4 is 10.0 Å². The van der Waals surface area contributed by atoms with E-state index < -0.39 is 10.0 Å². The fourth-order valence-corrected chi connectivity index (χ4v) is 3.20. The highest BCUT2D eigenvalue weighted by Gasteiger charge is 2.15. The molecule has 0 spiro atoms. The maximum atomic E-state index is 12.3. The molecular weight excluding hydrogens is 318 g/mol. The molecule has 0 aliphatic rings. The Bertz CT molecular complexity index is 859. The number of nitrogens with zero attached hydrogens (tertiary/aromatic N) is 2. The number of aromatic nitrogens is 2. The zero-order chi connectivity index (χ0) is 17.0. The molecule has 0 amide bonds. The van der Waals surface area contributed by atoms with Crippen LogP contribution in [0.5, 0.6) is 5.75 Å². The minimum absolute atomic E-state index is 0.0732. The van der Waals surface area contributed by atoms with E-state index in [0.29, 0.717) is 11.4 Å². The van der Waals surface area contributed by atoms with Gasteiger partial charge in [0, 0.05) is 12.6 Å². The second kappa shape index (κ2) is 6.93. The predicted octanol–water partition coefficient (Wildman–Crippen LogP) is 0.847. The van der Waals surface area contributed by atoms with E-state index >= 15 is 0 Å². The quantitative estimate of drug-likeness (QED) is 0.844. The average Bonchev–Trinajstić information content (AvgIpc) is 2.50. The molecule has 0 saturated heterocycles. The maximum absolute atomic E-state index is 12.3. The van der Waals surface area contributed by atoms with E-state index in [1.165, 1.54) is 30.0 Å². The highest BCUT2D eigenvalue weighted by atomic mass is 32.2. The first-order chi connectivity index (χ1) is 10.8. The lowest BCUT2D eigenvalue weighted by atomic mass is 10.2. The molecule has 0 bridgehead atoms. The van der Waals surface area contributed by atoms with Crippen LogP contribution in [0.25, 0.3) is 0 Å². The van der Waals surface area contributed by atoms with Crippen molar-refractivity contribution in [3.63, 3.8) is 0 Å². The van der Waals surface area contributed by atoms with Gasteiger partial charge in [-0.15, -0.1) is 0 Å². The summed E-state index contributed by atoms with van der Waals surface area (Å²) < 4.78 is 33.3. The van der Waals surface area contributed by atoms with Crippen molar-refractivity contribution in [2.45, 2.75) is 25.3 Å². The summed E-state index contributed by atoms with van der Waals surface area (Å²) in [7, 11) is -2.12. The number of sulfonamides is 1. The minimum Gasteiger partial charge on any atom is -0.496 e. The molecule has 7 nitrogen and oxygen atoms in total. The fourth-order valence-electron chi connectivity index (χ4n) is 2.10. The molecule has 0 atom stereocenters. The highest BCUT2D eigenvalue weighted by molar-refractivity contribution is 7.89. The van der Waals surface area contributed by atoms with Crippen LogP contribution in [-0.2, 0) is 16.6 Å². The van der Waals surface area contributed by atoms with Crippen LogP contribution in [-0.4, -0.2) is 31.9 Å². The van der Waals surface area contributed by atoms with Gasteiger partial charge in [0.15, 0.2) is 0 Å². The Hall–Kier alpha value is -2.19. The molecule has 0 aliphatic carbocycles. The van der Waals surface area contributed by atoms with Crippen LogP contribution in [0.3, 0.4) is 0 Å². The molecule has 8 heteroatoms. The van der Waals surface area contributed by atoms with Crippen LogP contribution in [0.2, 0.25) is 0 Å². The third-order valence-electron chi connectivity index (χ3n) is 3.29. The molecule has 124 valence electrons. The second-order valence-corrected chi connectivity index (χ2v) is 6.83. The molecule has 0 radical (unpaired) electrons. The van der Waals surface area contributed by atoms with Gasteiger partial charge in [-0.05, 0) is 43.7 Å². The molecule has 2 aromatic rings. The molecule has 1 N–H and O–H groups in total. The van der Waals surface area contributed by atoms with E-state index in [1.807, 2.05) is 0 Å². The number of nitrogens with one attached hydrogen (secondary N) is 1. The van der Waals surface area contributed by atoms with Crippen LogP contribution in [0.4, 0.5) is 0 Å². The van der Waals surface area contributed by atoms with E-state index in [2.05, 4.69) is 9.82 Å². The first-order valence-corrected chi connectivity index (χ1v) is 8.51. The van der Waals surface area contributed by atoms with E-state index in [9.17, 15) is 13.2 Å². The Morgan fingerprint density at radius 3 is 2.61 bits per heavy atom. The Balaban J connectivity index is 2.08. The molecule has 23 heavy (non-hydrogen) atoms. The Kier molecular flexibility index (Phi) is 5.17. The topological polar surface area (TPSA) is 90.3 Å². The van der Waals surface area contributed by atoms with Gasteiger partial charge in [0.05, 0.1) is 24.2 Å². The number of hydrogen-bond acceptors (Lipinski definition) is 5. The van der Waals surface area contributed by atoms with Gasteiger partial charge in [-0.2, -0.15) is 5.10 Å². The third kappa shape index (κ3) is 4.17. The van der Waals surface area contributed by atoms with Crippen LogP contribution >= 0.6 is 0 Å². The van der Waals surface area contributed by atoms with Gasteiger partial charge in [-0.1, -0.05) is 0 Å². The number of aryl methyl sites for hydroxylation is 2. The normalized spacial score (nSPS) is 11.4. The standard InChI is InChI=1S/C15H19N3O4S/c1-11-10-13(5-6-14(11)22-3)23(20,21)16-8-9-18-15(19)7-4-12(2)17-18/h4-7,10,16H,8-9H2,1-3H3. The van der Waals surface area contributed by atoms with Crippen molar-refractivity contribution in [3.05, 3.63) is 51.9 Å². The number of hydrogen-bond donors (Lipinski definition) is 1. The predicted molar refractivity (Wildman–Crippen MR) is 86.2 cm³/mol. The SMILES string of the molecule is COc1ccc(S(=O)(=O)NCCn2nc(C)ccc2=O)cc1C. The Morgan fingerprint density at radius 1 is 1.22 bits per heavy atom. The van der Waals surface area contributed by atoms with Crippen molar-refractivity contribution in [2.24, 2.45) is 0 Å². The van der Waals surface area contributed by atoms with Crippen molar-refractivity contribution in [2.75, 3.05) is 13.7 Å². The molecule has 0 unspecified atom stereocenters. The van der Waals surface area contributed by atoms with Crippen LogP contribution in [0, 0.1) is 13.8 Å². The molecule has 1 heterocycles. The number of methoxy groups -OCH3 is 1. The average molecular weight is 337 g/mol. The van der Waals surface area contributed by atoms with Crippen molar-refractivity contribution < 1.29 is 13.2 Å². The van der Waals surface area contributed by atoms with E-state index in [0.717, 1.165) is 5.56 Å². The summed E-state index contributed by atoms with van der Waals surface area (Å²) in [5.41, 5.74) is 1.15. The molecule has 0 saturated carbocycles. The molecule has 0 aliphatic heterocycles. The molecule has 0 fully saturated rings. The molecule has 2 rings (SSSR count). The number of ether oxygens (including phenoxy) is 1. The van der Waals surface area contributed by atoms with Crippen molar-refractivity contribution in [1.29, 1.82) is 0 Å². The number of benzene rings is 1. The second-order valence-electron chi connectivity index (χ2n) is 5.07. The number of rotatable bonds is 6. The van der Waals surface area contributed by atoms with E-state index in [-0.39, 0.29) is 23.5 Å². The summed E-state index contributed by atoms with van der Waals surface area (Å²) in [6, 6.07) is 7.65. The zero-order valence-electron chi connectivity index (χ0n) is 13.2. The molecule has 1 aromatic carbocycles. The third-order valence-corrected chi connectivity index (χ3v) is 4.75. The lowest BCUT2D eigenvalue weighted by Crippen LogP contribution is -2.32. The summed E-state index contributed by atoms with van der Waals surface area (Å²) in [4.78, 5) is 11.8. The largest absolute Gasteiger partial charge is 0.496 e. The van der Waals surface area contributed by atoms with E-state index in [1.54, 1.807) is 26.0 Å². The summed E-state index contributed by atoms with van der Waals surface area (Å²) in [5.74, 6) is 0.625. The minimum atomic E-state index is -3.65. The Morgan fingerprint density at radius 2 is 1.96 bits per heavy atom. The lowest BCUT2D eigenvalue weighted by molar-refractivity contribution is 0.411. The van der Waals surface area contributed by atoms with Crippen LogP contribution in [0.1, 0.15) is 11.3 Å². The van der Waals surface area contributed by atoms with Crippen molar-refractivity contribution in [1.82, 2.24) is 14.5 Å². The van der Waals surface area contributed by atoms with Gasteiger partial charge in [-0.3, -0.25) is 4.79 Å². The summed E-state index contributed by atoms with van der Waals surface area (Å²) >= 11 is 0. The molecule has 1 aromatic heterocycles. The molecular formula is C15H19N3O4S. The van der Waals surface area contributed by atoms with Gasteiger partial charge in [0.2, 0.25) is 10.0 Å².